The van der Waals surface area contributed by atoms with Crippen LogP contribution in [0, 0.1) is 0 Å². The molecule has 6 heteroatoms. The van der Waals surface area contributed by atoms with Crippen molar-refractivity contribution in [2.45, 2.75) is 44.8 Å². The first kappa shape index (κ1) is 21.2. The van der Waals surface area contributed by atoms with E-state index in [2.05, 4.69) is 45.5 Å². The minimum atomic E-state index is 0. The minimum Gasteiger partial charge on any atom is -0.383 e. The molecule has 1 aliphatic heterocycles. The molecule has 0 aliphatic carbocycles. The smallest absolute Gasteiger partial charge is 0.188 e. The van der Waals surface area contributed by atoms with Crippen molar-refractivity contribution in [1.82, 2.24) is 10.2 Å². The number of nitrogens with zero attached hydrogens (tertiary/aromatic N) is 2. The van der Waals surface area contributed by atoms with E-state index >= 15 is 0 Å². The lowest BCUT2D eigenvalue weighted by molar-refractivity contribution is 0.145. The number of hydrogen-bond acceptors (Lipinski definition) is 3. The molecular formula is C18H31IN4O. The summed E-state index contributed by atoms with van der Waals surface area (Å²) in [5.41, 5.74) is 7.35. The molecule has 0 spiro atoms. The quantitative estimate of drug-likeness (QED) is 0.384. The lowest BCUT2D eigenvalue weighted by Crippen LogP contribution is -2.44. The molecule has 1 heterocycles. The van der Waals surface area contributed by atoms with E-state index in [-0.39, 0.29) is 30.0 Å². The molecule has 0 bridgehead atoms. The molecule has 3 N–H and O–H groups in total. The molecule has 0 amide bonds. The Kier molecular flexibility index (Phi) is 10.3. The van der Waals surface area contributed by atoms with Crippen molar-refractivity contribution in [1.29, 1.82) is 0 Å². The largest absolute Gasteiger partial charge is 0.383 e. The van der Waals surface area contributed by atoms with E-state index < -0.39 is 0 Å². The highest BCUT2D eigenvalue weighted by Gasteiger charge is 2.22. The number of piperidine rings is 1. The number of aliphatic imine (C=N–C) groups is 1. The normalized spacial score (nSPS) is 20.2. The van der Waals surface area contributed by atoms with Gasteiger partial charge in [-0.1, -0.05) is 36.8 Å². The number of nitrogens with two attached hydrogens (primary N) is 1. The summed E-state index contributed by atoms with van der Waals surface area (Å²) in [7, 11) is 1.69. The van der Waals surface area contributed by atoms with Crippen molar-refractivity contribution in [3.63, 3.8) is 0 Å². The van der Waals surface area contributed by atoms with E-state index in [0.29, 0.717) is 18.6 Å². The number of guanidine groups is 1. The molecule has 2 rings (SSSR count). The molecule has 24 heavy (non-hydrogen) atoms. The summed E-state index contributed by atoms with van der Waals surface area (Å²) in [6.07, 6.45) is 3.74. The summed E-state index contributed by atoms with van der Waals surface area (Å²) in [5, 5.41) is 3.17. The Bertz CT molecular complexity index is 483. The van der Waals surface area contributed by atoms with Gasteiger partial charge in [-0.3, -0.25) is 9.89 Å². The zero-order valence-corrected chi connectivity index (χ0v) is 17.1. The average molecular weight is 446 g/mol. The van der Waals surface area contributed by atoms with E-state index in [1.807, 2.05) is 6.92 Å². The SMILES string of the molecule is COCC(C)NC(N)=NCC1CCCCN1Cc1ccccc1.I. The van der Waals surface area contributed by atoms with Gasteiger partial charge in [0.15, 0.2) is 5.96 Å². The van der Waals surface area contributed by atoms with Gasteiger partial charge in [-0.2, -0.15) is 0 Å². The topological polar surface area (TPSA) is 62.9 Å². The van der Waals surface area contributed by atoms with Crippen LogP contribution in [0.15, 0.2) is 35.3 Å². The number of halogens is 1. The standard InChI is InChI=1S/C18H30N4O.HI/c1-15(14-23-2)21-18(19)20-12-17-10-6-7-11-22(17)13-16-8-4-3-5-9-16;/h3-5,8-9,15,17H,6-7,10-14H2,1-2H3,(H3,19,20,21);1H. The third-order valence-electron chi connectivity index (χ3n) is 4.26. The monoisotopic (exact) mass is 446 g/mol. The zero-order chi connectivity index (χ0) is 16.5. The fraction of sp³-hybridized carbons (Fsp3) is 0.611. The summed E-state index contributed by atoms with van der Waals surface area (Å²) in [5.74, 6) is 0.514. The summed E-state index contributed by atoms with van der Waals surface area (Å²) < 4.78 is 5.10. The molecular weight excluding hydrogens is 415 g/mol. The molecule has 1 aromatic rings. The van der Waals surface area contributed by atoms with Gasteiger partial charge >= 0.3 is 0 Å². The number of benzene rings is 1. The van der Waals surface area contributed by atoms with Gasteiger partial charge in [0, 0.05) is 25.7 Å². The van der Waals surface area contributed by atoms with Crippen LogP contribution in [0.3, 0.4) is 0 Å². The summed E-state index contributed by atoms with van der Waals surface area (Å²) >= 11 is 0. The van der Waals surface area contributed by atoms with Crippen LogP contribution >= 0.6 is 24.0 Å². The first-order valence-electron chi connectivity index (χ1n) is 8.52. The molecule has 0 saturated carbocycles. The molecule has 0 radical (unpaired) electrons. The molecule has 2 unspecified atom stereocenters. The number of ether oxygens (including phenoxy) is 1. The maximum absolute atomic E-state index is 5.98. The van der Waals surface area contributed by atoms with Crippen LogP contribution in [0.1, 0.15) is 31.7 Å². The maximum Gasteiger partial charge on any atom is 0.188 e. The van der Waals surface area contributed by atoms with Gasteiger partial charge < -0.3 is 15.8 Å². The average Bonchev–Trinajstić information content (AvgIpc) is 2.55. The molecule has 1 aromatic carbocycles. The van der Waals surface area contributed by atoms with Crippen molar-refractivity contribution in [2.75, 3.05) is 26.8 Å². The van der Waals surface area contributed by atoms with Gasteiger partial charge in [-0.05, 0) is 31.9 Å². The van der Waals surface area contributed by atoms with Gasteiger partial charge in [0.25, 0.3) is 0 Å². The number of nitrogens with one attached hydrogen (secondary N) is 1. The molecule has 1 fully saturated rings. The molecule has 136 valence electrons. The first-order chi connectivity index (χ1) is 11.2. The van der Waals surface area contributed by atoms with Crippen molar-refractivity contribution >= 4 is 29.9 Å². The zero-order valence-electron chi connectivity index (χ0n) is 14.8. The van der Waals surface area contributed by atoms with Crippen molar-refractivity contribution < 1.29 is 4.74 Å². The van der Waals surface area contributed by atoms with Gasteiger partial charge in [0.05, 0.1) is 13.2 Å². The Hall–Kier alpha value is -0.860. The highest BCUT2D eigenvalue weighted by atomic mass is 127. The molecule has 1 aliphatic rings. The van der Waals surface area contributed by atoms with Gasteiger partial charge in [-0.15, -0.1) is 24.0 Å². The van der Waals surface area contributed by atoms with Crippen LogP contribution in [0.2, 0.25) is 0 Å². The lowest BCUT2D eigenvalue weighted by atomic mass is 10.0. The number of likely N-dealkylation sites (tertiary alicyclic amines) is 1. The summed E-state index contributed by atoms with van der Waals surface area (Å²) in [4.78, 5) is 7.08. The molecule has 0 aromatic heterocycles. The first-order valence-corrected chi connectivity index (χ1v) is 8.52. The van der Waals surface area contributed by atoms with Crippen LogP contribution in [0.4, 0.5) is 0 Å². The Morgan fingerprint density at radius 1 is 1.38 bits per heavy atom. The van der Waals surface area contributed by atoms with Crippen LogP contribution in [0.25, 0.3) is 0 Å². The van der Waals surface area contributed by atoms with E-state index in [1.54, 1.807) is 7.11 Å². The molecule has 5 nitrogen and oxygen atoms in total. The third kappa shape index (κ3) is 7.36. The highest BCUT2D eigenvalue weighted by Crippen LogP contribution is 2.19. The Balaban J connectivity index is 0.00000288. The molecule has 1 saturated heterocycles. The van der Waals surface area contributed by atoms with Gasteiger partial charge in [0.2, 0.25) is 0 Å². The Morgan fingerprint density at radius 3 is 2.83 bits per heavy atom. The molecule has 2 atom stereocenters. The van der Waals surface area contributed by atoms with Crippen LogP contribution in [0.5, 0.6) is 0 Å². The summed E-state index contributed by atoms with van der Waals surface area (Å²) in [6.45, 7) is 5.55. The van der Waals surface area contributed by atoms with Gasteiger partial charge in [-0.25, -0.2) is 0 Å². The summed E-state index contributed by atoms with van der Waals surface area (Å²) in [6, 6.07) is 11.3. The Labute approximate surface area is 163 Å². The van der Waals surface area contributed by atoms with Crippen molar-refractivity contribution in [2.24, 2.45) is 10.7 Å². The van der Waals surface area contributed by atoms with Gasteiger partial charge in [0.1, 0.15) is 0 Å². The highest BCUT2D eigenvalue weighted by molar-refractivity contribution is 14.0. The van der Waals surface area contributed by atoms with E-state index in [0.717, 1.165) is 19.6 Å². The number of methoxy groups -OCH3 is 1. The second-order valence-electron chi connectivity index (χ2n) is 6.33. The van der Waals surface area contributed by atoms with Crippen LogP contribution in [-0.2, 0) is 11.3 Å². The number of rotatable bonds is 7. The lowest BCUT2D eigenvalue weighted by Gasteiger charge is -2.35. The van der Waals surface area contributed by atoms with Crippen LogP contribution in [-0.4, -0.2) is 49.7 Å². The minimum absolute atomic E-state index is 0. The fourth-order valence-corrected chi connectivity index (χ4v) is 3.09. The van der Waals surface area contributed by atoms with E-state index in [4.69, 9.17) is 10.5 Å². The second kappa shape index (κ2) is 11.7. The number of hydrogen-bond donors (Lipinski definition) is 2. The predicted molar refractivity (Wildman–Crippen MR) is 111 cm³/mol. The third-order valence-corrected chi connectivity index (χ3v) is 4.26. The fourth-order valence-electron chi connectivity index (χ4n) is 3.09. The van der Waals surface area contributed by atoms with Crippen molar-refractivity contribution in [3.8, 4) is 0 Å². The van der Waals surface area contributed by atoms with Crippen molar-refractivity contribution in [3.05, 3.63) is 35.9 Å². The van der Waals surface area contributed by atoms with E-state index in [9.17, 15) is 0 Å². The van der Waals surface area contributed by atoms with E-state index in [1.165, 1.54) is 24.8 Å². The maximum atomic E-state index is 5.98. The predicted octanol–water partition coefficient (Wildman–Crippen LogP) is 2.60. The van der Waals surface area contributed by atoms with Crippen LogP contribution < -0.4 is 11.1 Å². The Morgan fingerprint density at radius 2 is 2.12 bits per heavy atom. The second-order valence-corrected chi connectivity index (χ2v) is 6.33.